The Morgan fingerprint density at radius 1 is 1.50 bits per heavy atom. The number of carboxylic acid groups (broad SMARTS) is 1. The monoisotopic (exact) mass is 214 g/mol. The van der Waals surface area contributed by atoms with E-state index >= 15 is 0 Å². The van der Waals surface area contributed by atoms with Crippen molar-refractivity contribution in [2.24, 2.45) is 17.8 Å². The van der Waals surface area contributed by atoms with Crippen LogP contribution < -0.4 is 0 Å². The molecule has 2 aliphatic rings. The van der Waals surface area contributed by atoms with E-state index in [0.717, 1.165) is 12.8 Å². The van der Waals surface area contributed by atoms with Gasteiger partial charge in [0.1, 0.15) is 0 Å². The molecule has 2 unspecified atom stereocenters. The Morgan fingerprint density at radius 2 is 2.21 bits per heavy atom. The molecule has 0 aromatic rings. The van der Waals surface area contributed by atoms with Gasteiger partial charge in [-0.15, -0.1) is 0 Å². The minimum atomic E-state index is -0.625. The molecular formula is C11H18O2S. The summed E-state index contributed by atoms with van der Waals surface area (Å²) in [6.07, 6.45) is 5.53. The van der Waals surface area contributed by atoms with Crippen LogP contribution in [0.4, 0.5) is 0 Å². The second-order valence-electron chi connectivity index (χ2n) is 4.96. The molecule has 0 aromatic carbocycles. The molecular weight excluding hydrogens is 196 g/mol. The smallest absolute Gasteiger partial charge is 0.306 e. The Balaban J connectivity index is 2.20. The first-order chi connectivity index (χ1) is 6.54. The van der Waals surface area contributed by atoms with Crippen LogP contribution in [-0.2, 0) is 4.79 Å². The van der Waals surface area contributed by atoms with Gasteiger partial charge in [-0.2, -0.15) is 12.6 Å². The second-order valence-corrected chi connectivity index (χ2v) is 5.85. The van der Waals surface area contributed by atoms with Crippen molar-refractivity contribution in [3.05, 3.63) is 0 Å². The average Bonchev–Trinajstić information content (AvgIpc) is 2.39. The Hall–Kier alpha value is -0.180. The zero-order chi connectivity index (χ0) is 10.3. The maximum Gasteiger partial charge on any atom is 0.306 e. The Kier molecular flexibility index (Phi) is 2.54. The van der Waals surface area contributed by atoms with Gasteiger partial charge in [0.05, 0.1) is 5.92 Å². The summed E-state index contributed by atoms with van der Waals surface area (Å²) in [7, 11) is 0. The van der Waals surface area contributed by atoms with Crippen molar-refractivity contribution in [1.82, 2.24) is 0 Å². The van der Waals surface area contributed by atoms with Crippen molar-refractivity contribution in [1.29, 1.82) is 0 Å². The number of hydrogen-bond acceptors (Lipinski definition) is 2. The topological polar surface area (TPSA) is 37.3 Å². The standard InChI is InChI=1S/C11H18O2S/c1-7-8(10(12)13)6-11(14)5-3-2-4-9(7)11/h7-9,14H,2-6H2,1H3,(H,12,13)/t7?,8-,9-,11?/m1/s1. The van der Waals surface area contributed by atoms with Crippen molar-refractivity contribution in [3.63, 3.8) is 0 Å². The summed E-state index contributed by atoms with van der Waals surface area (Å²) >= 11 is 4.76. The molecule has 0 amide bonds. The molecule has 0 radical (unpaired) electrons. The molecule has 2 saturated carbocycles. The lowest BCUT2D eigenvalue weighted by Crippen LogP contribution is -2.32. The molecule has 0 bridgehead atoms. The maximum atomic E-state index is 11.1. The van der Waals surface area contributed by atoms with Crippen LogP contribution in [0.3, 0.4) is 0 Å². The SMILES string of the molecule is CC1[C@H]2CCCCC2(S)C[C@H]1C(=O)O. The highest BCUT2D eigenvalue weighted by atomic mass is 32.1. The van der Waals surface area contributed by atoms with Gasteiger partial charge >= 0.3 is 5.97 Å². The first-order valence-electron chi connectivity index (χ1n) is 5.50. The minimum Gasteiger partial charge on any atom is -0.481 e. The van der Waals surface area contributed by atoms with Crippen LogP contribution in [0.15, 0.2) is 0 Å². The number of rotatable bonds is 1. The fourth-order valence-electron chi connectivity index (χ4n) is 3.41. The lowest BCUT2D eigenvalue weighted by atomic mass is 9.77. The molecule has 14 heavy (non-hydrogen) atoms. The maximum absolute atomic E-state index is 11.1. The Bertz CT molecular complexity index is 254. The third-order valence-electron chi connectivity index (χ3n) is 4.22. The Morgan fingerprint density at radius 3 is 2.79 bits per heavy atom. The highest BCUT2D eigenvalue weighted by Crippen LogP contribution is 2.54. The van der Waals surface area contributed by atoms with Gasteiger partial charge in [-0.3, -0.25) is 4.79 Å². The van der Waals surface area contributed by atoms with Crippen molar-refractivity contribution >= 4 is 18.6 Å². The van der Waals surface area contributed by atoms with Crippen LogP contribution in [0.2, 0.25) is 0 Å². The lowest BCUT2D eigenvalue weighted by molar-refractivity contribution is -0.143. The second kappa shape index (κ2) is 3.44. The van der Waals surface area contributed by atoms with Crippen LogP contribution in [0.25, 0.3) is 0 Å². The third kappa shape index (κ3) is 1.46. The minimum absolute atomic E-state index is 0.0285. The summed E-state index contributed by atoms with van der Waals surface area (Å²) in [6.45, 7) is 2.09. The third-order valence-corrected chi connectivity index (χ3v) is 4.96. The van der Waals surface area contributed by atoms with Crippen LogP contribution in [0, 0.1) is 17.8 Å². The van der Waals surface area contributed by atoms with E-state index in [9.17, 15) is 4.79 Å². The number of carbonyl (C=O) groups is 1. The van der Waals surface area contributed by atoms with Crippen molar-refractivity contribution in [3.8, 4) is 0 Å². The van der Waals surface area contributed by atoms with Gasteiger partial charge < -0.3 is 5.11 Å². The molecule has 2 nitrogen and oxygen atoms in total. The van der Waals surface area contributed by atoms with Gasteiger partial charge in [-0.25, -0.2) is 0 Å². The normalized spacial score (nSPS) is 47.4. The number of carboxylic acids is 1. The molecule has 0 heterocycles. The average molecular weight is 214 g/mol. The number of fused-ring (bicyclic) bond motifs is 1. The lowest BCUT2D eigenvalue weighted by Gasteiger charge is -2.36. The van der Waals surface area contributed by atoms with Crippen LogP contribution >= 0.6 is 12.6 Å². The number of hydrogen-bond donors (Lipinski definition) is 2. The van der Waals surface area contributed by atoms with E-state index < -0.39 is 5.97 Å². The highest BCUT2D eigenvalue weighted by Gasteiger charge is 2.52. The molecule has 2 rings (SSSR count). The molecule has 1 N–H and O–H groups in total. The van der Waals surface area contributed by atoms with E-state index in [-0.39, 0.29) is 10.7 Å². The molecule has 0 saturated heterocycles. The summed E-state index contributed by atoms with van der Waals surface area (Å²) in [5, 5.41) is 9.11. The molecule has 0 aromatic heterocycles. The summed E-state index contributed by atoms with van der Waals surface area (Å²) < 4.78 is 0.0285. The van der Waals surface area contributed by atoms with Crippen LogP contribution in [0.5, 0.6) is 0 Å². The van der Waals surface area contributed by atoms with E-state index in [1.54, 1.807) is 0 Å². The molecule has 3 heteroatoms. The molecule has 2 fully saturated rings. The van der Waals surface area contributed by atoms with Crippen molar-refractivity contribution in [2.75, 3.05) is 0 Å². The van der Waals surface area contributed by atoms with Crippen molar-refractivity contribution < 1.29 is 9.90 Å². The first-order valence-corrected chi connectivity index (χ1v) is 5.94. The predicted molar refractivity (Wildman–Crippen MR) is 58.6 cm³/mol. The summed E-state index contributed by atoms with van der Waals surface area (Å²) in [6, 6.07) is 0. The summed E-state index contributed by atoms with van der Waals surface area (Å²) in [4.78, 5) is 11.1. The van der Waals surface area contributed by atoms with Gasteiger partial charge in [-0.1, -0.05) is 19.8 Å². The molecule has 2 aliphatic carbocycles. The molecule has 0 spiro atoms. The zero-order valence-corrected chi connectivity index (χ0v) is 9.46. The van der Waals surface area contributed by atoms with E-state index in [0.29, 0.717) is 11.8 Å². The Labute approximate surface area is 90.5 Å². The van der Waals surface area contributed by atoms with E-state index in [1.165, 1.54) is 19.3 Å². The van der Waals surface area contributed by atoms with E-state index in [1.807, 2.05) is 0 Å². The zero-order valence-electron chi connectivity index (χ0n) is 8.57. The van der Waals surface area contributed by atoms with Gasteiger partial charge in [0.2, 0.25) is 0 Å². The fourth-order valence-corrected chi connectivity index (χ4v) is 4.13. The molecule has 0 aliphatic heterocycles. The van der Waals surface area contributed by atoms with Crippen molar-refractivity contribution in [2.45, 2.75) is 43.8 Å². The largest absolute Gasteiger partial charge is 0.481 e. The summed E-state index contributed by atoms with van der Waals surface area (Å²) in [5.74, 6) is 0.0573. The highest BCUT2D eigenvalue weighted by molar-refractivity contribution is 7.81. The van der Waals surface area contributed by atoms with Gasteiger partial charge in [-0.05, 0) is 31.1 Å². The molecule has 80 valence electrons. The van der Waals surface area contributed by atoms with Gasteiger partial charge in [0.15, 0.2) is 0 Å². The van der Waals surface area contributed by atoms with Crippen LogP contribution in [-0.4, -0.2) is 15.8 Å². The predicted octanol–water partition coefficient (Wildman–Crippen LogP) is 2.59. The number of thiol groups is 1. The molecule has 4 atom stereocenters. The fraction of sp³-hybridized carbons (Fsp3) is 0.909. The van der Waals surface area contributed by atoms with Gasteiger partial charge in [0, 0.05) is 4.75 Å². The van der Waals surface area contributed by atoms with E-state index in [2.05, 4.69) is 6.92 Å². The quantitative estimate of drug-likeness (QED) is 0.658. The number of aliphatic carboxylic acids is 1. The van der Waals surface area contributed by atoms with E-state index in [4.69, 9.17) is 17.7 Å². The van der Waals surface area contributed by atoms with Crippen LogP contribution in [0.1, 0.15) is 39.0 Å². The van der Waals surface area contributed by atoms with Gasteiger partial charge in [0.25, 0.3) is 0 Å². The first kappa shape index (κ1) is 10.3. The summed E-state index contributed by atoms with van der Waals surface area (Å²) in [5.41, 5.74) is 0.